The Morgan fingerprint density at radius 3 is 0.981 bits per heavy atom. The molecule has 0 aliphatic rings. The molecular weight excluding hydrogens is 625 g/mol. The predicted molar refractivity (Wildman–Crippen MR) is 225 cm³/mol. The first-order chi connectivity index (χ1) is 25.4. The van der Waals surface area contributed by atoms with Gasteiger partial charge in [-0.05, 0) is 168 Å². The van der Waals surface area contributed by atoms with Gasteiger partial charge in [0.2, 0.25) is 0 Å². The minimum atomic E-state index is 1.22. The zero-order valence-corrected chi connectivity index (χ0v) is 30.2. The van der Waals surface area contributed by atoms with Crippen molar-refractivity contribution >= 4 is 32.3 Å². The van der Waals surface area contributed by atoms with Crippen LogP contribution in [0.3, 0.4) is 0 Å². The summed E-state index contributed by atoms with van der Waals surface area (Å²) in [5, 5.41) is 7.71. The highest BCUT2D eigenvalue weighted by atomic mass is 14.2. The zero-order valence-electron chi connectivity index (χ0n) is 30.2. The van der Waals surface area contributed by atoms with Crippen molar-refractivity contribution in [2.75, 3.05) is 0 Å². The van der Waals surface area contributed by atoms with Crippen molar-refractivity contribution in [2.45, 2.75) is 27.7 Å². The van der Waals surface area contributed by atoms with Crippen LogP contribution in [0.25, 0.3) is 88.0 Å². The summed E-state index contributed by atoms with van der Waals surface area (Å²) >= 11 is 0. The zero-order chi connectivity index (χ0) is 35.3. The normalized spacial score (nSPS) is 11.5. The molecule has 9 aromatic rings. The lowest BCUT2D eigenvalue weighted by Gasteiger charge is -2.20. The lowest BCUT2D eigenvalue weighted by atomic mass is 9.83. The van der Waals surface area contributed by atoms with Crippen molar-refractivity contribution in [1.82, 2.24) is 0 Å². The van der Waals surface area contributed by atoms with Gasteiger partial charge in [-0.1, -0.05) is 140 Å². The standard InChI is InChI=1S/C52H40/c1-33-24-47-49(26-35(33)3)52(50-27-36(4)34(2)25-48(50)51(47)39-18-12-7-13-19-39)43-23-22-40-28-42(21-20-41(40)29-43)46-31-44(37-14-8-5-9-15-37)30-45(32-46)38-16-10-6-11-17-38/h5-32H,1-4H3. The highest BCUT2D eigenvalue weighted by molar-refractivity contribution is 6.22. The minimum Gasteiger partial charge on any atom is -0.0622 e. The second-order valence-corrected chi connectivity index (χ2v) is 14.4. The van der Waals surface area contributed by atoms with E-state index in [9.17, 15) is 0 Å². The SMILES string of the molecule is Cc1cc2c(-c3ccccc3)c3cc(C)c(C)cc3c(-c3ccc4cc(-c5cc(-c6ccccc6)cc(-c6ccccc6)c5)ccc4c3)c2cc1C. The number of hydrogen-bond acceptors (Lipinski definition) is 0. The van der Waals surface area contributed by atoms with Crippen molar-refractivity contribution in [3.05, 3.63) is 192 Å². The van der Waals surface area contributed by atoms with Crippen molar-refractivity contribution in [3.8, 4) is 55.6 Å². The Labute approximate surface area is 306 Å². The summed E-state index contributed by atoms with van der Waals surface area (Å²) in [6.45, 7) is 8.95. The molecule has 0 saturated heterocycles. The molecule has 0 aliphatic carbocycles. The summed E-state index contributed by atoms with van der Waals surface area (Å²) in [6, 6.07) is 63.0. The van der Waals surface area contributed by atoms with Crippen LogP contribution in [0, 0.1) is 27.7 Å². The average molecular weight is 665 g/mol. The molecule has 0 nitrogen and oxygen atoms in total. The van der Waals surface area contributed by atoms with E-state index in [0.717, 1.165) is 0 Å². The summed E-state index contributed by atoms with van der Waals surface area (Å²) in [7, 11) is 0. The first-order valence-corrected chi connectivity index (χ1v) is 18.2. The Hall–Kier alpha value is -6.24. The van der Waals surface area contributed by atoms with Gasteiger partial charge in [-0.25, -0.2) is 0 Å². The van der Waals surface area contributed by atoms with E-state index in [2.05, 4.69) is 198 Å². The maximum absolute atomic E-state index is 2.42. The molecule has 0 heterocycles. The summed E-state index contributed by atoms with van der Waals surface area (Å²) in [4.78, 5) is 0. The van der Waals surface area contributed by atoms with Crippen molar-refractivity contribution < 1.29 is 0 Å². The lowest BCUT2D eigenvalue weighted by molar-refractivity contribution is 1.36. The van der Waals surface area contributed by atoms with Gasteiger partial charge in [-0.3, -0.25) is 0 Å². The summed E-state index contributed by atoms with van der Waals surface area (Å²) < 4.78 is 0. The van der Waals surface area contributed by atoms with Gasteiger partial charge in [-0.2, -0.15) is 0 Å². The molecule has 0 saturated carbocycles. The molecule has 9 aromatic carbocycles. The van der Waals surface area contributed by atoms with Crippen molar-refractivity contribution in [3.63, 3.8) is 0 Å². The van der Waals surface area contributed by atoms with Crippen LogP contribution in [0.4, 0.5) is 0 Å². The Morgan fingerprint density at radius 1 is 0.231 bits per heavy atom. The fourth-order valence-electron chi connectivity index (χ4n) is 7.95. The largest absolute Gasteiger partial charge is 0.0622 e. The smallest absolute Gasteiger partial charge is 0.00259 e. The van der Waals surface area contributed by atoms with Gasteiger partial charge in [0, 0.05) is 0 Å². The second kappa shape index (κ2) is 12.8. The van der Waals surface area contributed by atoms with Gasteiger partial charge in [-0.15, -0.1) is 0 Å². The second-order valence-electron chi connectivity index (χ2n) is 14.4. The molecule has 0 aromatic heterocycles. The Balaban J connectivity index is 1.24. The van der Waals surface area contributed by atoms with Crippen LogP contribution >= 0.6 is 0 Å². The summed E-state index contributed by atoms with van der Waals surface area (Å²) in [6.07, 6.45) is 0. The van der Waals surface area contributed by atoms with E-state index < -0.39 is 0 Å². The third-order valence-corrected chi connectivity index (χ3v) is 11.0. The van der Waals surface area contributed by atoms with Crippen LogP contribution in [0.2, 0.25) is 0 Å². The molecule has 0 fully saturated rings. The maximum atomic E-state index is 2.42. The number of benzene rings is 9. The van der Waals surface area contributed by atoms with E-state index in [-0.39, 0.29) is 0 Å². The first kappa shape index (κ1) is 31.7. The highest BCUT2D eigenvalue weighted by Gasteiger charge is 2.19. The van der Waals surface area contributed by atoms with Gasteiger partial charge in [0.25, 0.3) is 0 Å². The lowest BCUT2D eigenvalue weighted by Crippen LogP contribution is -1.95. The first-order valence-electron chi connectivity index (χ1n) is 18.2. The van der Waals surface area contributed by atoms with Crippen LogP contribution in [-0.4, -0.2) is 0 Å². The van der Waals surface area contributed by atoms with Gasteiger partial charge in [0.15, 0.2) is 0 Å². The molecule has 0 radical (unpaired) electrons. The fraction of sp³-hybridized carbons (Fsp3) is 0.0769. The van der Waals surface area contributed by atoms with Crippen LogP contribution in [0.5, 0.6) is 0 Å². The Bertz CT molecular complexity index is 2660. The molecule has 0 spiro atoms. The minimum absolute atomic E-state index is 1.22. The van der Waals surface area contributed by atoms with Gasteiger partial charge < -0.3 is 0 Å². The third-order valence-electron chi connectivity index (χ3n) is 11.0. The van der Waals surface area contributed by atoms with Crippen LogP contribution in [0.15, 0.2) is 170 Å². The molecule has 52 heavy (non-hydrogen) atoms. The van der Waals surface area contributed by atoms with Crippen molar-refractivity contribution in [2.24, 2.45) is 0 Å². The molecule has 248 valence electrons. The molecule has 0 aliphatic heterocycles. The Morgan fingerprint density at radius 2 is 0.558 bits per heavy atom. The van der Waals surface area contributed by atoms with E-state index in [0.29, 0.717) is 0 Å². The van der Waals surface area contributed by atoms with E-state index in [1.165, 1.54) is 110 Å². The van der Waals surface area contributed by atoms with Crippen LogP contribution in [-0.2, 0) is 0 Å². The van der Waals surface area contributed by atoms with Crippen molar-refractivity contribution in [1.29, 1.82) is 0 Å². The van der Waals surface area contributed by atoms with Gasteiger partial charge in [0.1, 0.15) is 0 Å². The van der Waals surface area contributed by atoms with Gasteiger partial charge >= 0.3 is 0 Å². The Kier molecular flexibility index (Phi) is 7.82. The molecule has 0 unspecified atom stereocenters. The van der Waals surface area contributed by atoms with Crippen LogP contribution in [0.1, 0.15) is 22.3 Å². The number of rotatable bonds is 5. The van der Waals surface area contributed by atoms with Crippen LogP contribution < -0.4 is 0 Å². The van der Waals surface area contributed by atoms with E-state index in [1.807, 2.05) is 0 Å². The molecule has 0 N–H and O–H groups in total. The average Bonchev–Trinajstić information content (AvgIpc) is 3.19. The molecule has 9 rings (SSSR count). The molecule has 0 atom stereocenters. The monoisotopic (exact) mass is 664 g/mol. The number of aryl methyl sites for hydroxylation is 4. The molecular formula is C52H40. The number of fused-ring (bicyclic) bond motifs is 3. The molecule has 0 heteroatoms. The topological polar surface area (TPSA) is 0 Å². The fourth-order valence-corrected chi connectivity index (χ4v) is 7.95. The quantitative estimate of drug-likeness (QED) is 0.161. The predicted octanol–water partition coefficient (Wildman–Crippen LogP) is 14.7. The summed E-state index contributed by atoms with van der Waals surface area (Å²) in [5.41, 5.74) is 17.7. The number of hydrogen-bond donors (Lipinski definition) is 0. The van der Waals surface area contributed by atoms with E-state index in [1.54, 1.807) is 0 Å². The summed E-state index contributed by atoms with van der Waals surface area (Å²) in [5.74, 6) is 0. The highest BCUT2D eigenvalue weighted by Crippen LogP contribution is 2.46. The maximum Gasteiger partial charge on any atom is -0.00259 e. The molecule has 0 amide bonds. The van der Waals surface area contributed by atoms with E-state index >= 15 is 0 Å². The van der Waals surface area contributed by atoms with E-state index in [4.69, 9.17) is 0 Å². The molecule has 0 bridgehead atoms. The third kappa shape index (κ3) is 5.58. The van der Waals surface area contributed by atoms with Gasteiger partial charge in [0.05, 0.1) is 0 Å².